The lowest BCUT2D eigenvalue weighted by molar-refractivity contribution is -0.236. The highest BCUT2D eigenvalue weighted by Crippen LogP contribution is 2.54. The molecule has 0 spiro atoms. The zero-order chi connectivity index (χ0) is 20.6. The Balaban J connectivity index is 1.61. The van der Waals surface area contributed by atoms with Crippen LogP contribution in [0.3, 0.4) is 0 Å². The standard InChI is InChI=1S/C26H16O4S/c27-25-22-23-18-10-9-15-5-1-2-6-17(15)20(18)13-26(29-23,16-11-12-31-14-16)30-24(22)19-7-3-4-8-21(19)28-25/h1-12,14,23H,13H2/t23-,26+/m0/s1. The quantitative estimate of drug-likeness (QED) is 0.314. The van der Waals surface area contributed by atoms with E-state index in [4.69, 9.17) is 13.9 Å². The molecule has 5 aromatic rings. The molecule has 150 valence electrons. The van der Waals surface area contributed by atoms with Crippen molar-refractivity contribution in [1.82, 2.24) is 0 Å². The molecule has 2 aromatic heterocycles. The van der Waals surface area contributed by atoms with Crippen LogP contribution in [-0.4, -0.2) is 0 Å². The van der Waals surface area contributed by atoms with Gasteiger partial charge in [-0.3, -0.25) is 0 Å². The molecule has 2 atom stereocenters. The third kappa shape index (κ3) is 2.30. The largest absolute Gasteiger partial charge is 0.456 e. The summed E-state index contributed by atoms with van der Waals surface area (Å²) in [6.07, 6.45) is 0.00290. The van der Waals surface area contributed by atoms with Crippen LogP contribution in [0, 0.1) is 0 Å². The van der Waals surface area contributed by atoms with E-state index in [0.29, 0.717) is 23.3 Å². The van der Waals surface area contributed by atoms with Crippen LogP contribution in [0.25, 0.3) is 21.7 Å². The van der Waals surface area contributed by atoms with Crippen molar-refractivity contribution in [1.29, 1.82) is 0 Å². The highest BCUT2D eigenvalue weighted by atomic mass is 32.1. The van der Waals surface area contributed by atoms with Crippen LogP contribution in [0.15, 0.2) is 86.7 Å². The first-order chi connectivity index (χ1) is 15.2. The minimum Gasteiger partial charge on any atom is -0.456 e. The number of para-hydroxylation sites is 1. The van der Waals surface area contributed by atoms with Crippen LogP contribution in [0.4, 0.5) is 0 Å². The number of hydrogen-bond donors (Lipinski definition) is 0. The van der Waals surface area contributed by atoms with Crippen molar-refractivity contribution in [2.24, 2.45) is 0 Å². The minimum absolute atomic E-state index is 0.418. The van der Waals surface area contributed by atoms with Gasteiger partial charge >= 0.3 is 5.63 Å². The molecule has 2 aliphatic heterocycles. The molecule has 3 aromatic carbocycles. The molecule has 0 radical (unpaired) electrons. The smallest absolute Gasteiger partial charge is 0.346 e. The molecular formula is C26H16O4S. The van der Waals surface area contributed by atoms with Crippen molar-refractivity contribution < 1.29 is 13.9 Å². The zero-order valence-corrected chi connectivity index (χ0v) is 17.1. The van der Waals surface area contributed by atoms with Gasteiger partial charge in [-0.05, 0) is 45.5 Å². The van der Waals surface area contributed by atoms with Gasteiger partial charge in [0.2, 0.25) is 5.79 Å². The summed E-state index contributed by atoms with van der Waals surface area (Å²) < 4.78 is 18.9. The van der Waals surface area contributed by atoms with Crippen LogP contribution in [0.2, 0.25) is 0 Å². The Morgan fingerprint density at radius 2 is 1.77 bits per heavy atom. The van der Waals surface area contributed by atoms with Gasteiger partial charge in [-0.25, -0.2) is 4.79 Å². The summed E-state index contributed by atoms with van der Waals surface area (Å²) in [7, 11) is 0. The highest BCUT2D eigenvalue weighted by Gasteiger charge is 2.51. The fourth-order valence-corrected chi connectivity index (χ4v) is 5.65. The van der Waals surface area contributed by atoms with Gasteiger partial charge in [0.15, 0.2) is 0 Å². The average molecular weight is 424 g/mol. The van der Waals surface area contributed by atoms with Crippen LogP contribution < -0.4 is 10.4 Å². The van der Waals surface area contributed by atoms with Crippen molar-refractivity contribution in [3.8, 4) is 5.75 Å². The number of rotatable bonds is 1. The summed E-state index contributed by atoms with van der Waals surface area (Å²) in [5.74, 6) is -0.432. The second-order valence-electron chi connectivity index (χ2n) is 8.02. The maximum atomic E-state index is 13.1. The van der Waals surface area contributed by atoms with E-state index >= 15 is 0 Å². The van der Waals surface area contributed by atoms with Gasteiger partial charge < -0.3 is 13.9 Å². The minimum atomic E-state index is -0.995. The fraction of sp³-hybridized carbons (Fsp3) is 0.115. The molecule has 0 saturated heterocycles. The zero-order valence-electron chi connectivity index (χ0n) is 16.3. The van der Waals surface area contributed by atoms with E-state index in [0.717, 1.165) is 32.8 Å². The van der Waals surface area contributed by atoms with E-state index in [1.165, 1.54) is 0 Å². The lowest BCUT2D eigenvalue weighted by atomic mass is 9.82. The number of ether oxygens (including phenoxy) is 2. The number of hydrogen-bond acceptors (Lipinski definition) is 5. The van der Waals surface area contributed by atoms with Crippen molar-refractivity contribution in [2.75, 3.05) is 0 Å². The van der Waals surface area contributed by atoms with Crippen molar-refractivity contribution in [3.05, 3.63) is 110 Å². The molecule has 0 fully saturated rings. The first-order valence-corrected chi connectivity index (χ1v) is 11.1. The van der Waals surface area contributed by atoms with Crippen LogP contribution in [0.1, 0.15) is 28.4 Å². The second-order valence-corrected chi connectivity index (χ2v) is 8.80. The van der Waals surface area contributed by atoms with E-state index < -0.39 is 17.5 Å². The van der Waals surface area contributed by atoms with Gasteiger partial charge in [0, 0.05) is 17.4 Å². The molecule has 4 heterocycles. The van der Waals surface area contributed by atoms with E-state index in [9.17, 15) is 4.79 Å². The van der Waals surface area contributed by atoms with E-state index in [-0.39, 0.29) is 0 Å². The van der Waals surface area contributed by atoms with Crippen molar-refractivity contribution in [2.45, 2.75) is 18.3 Å². The summed E-state index contributed by atoms with van der Waals surface area (Å²) in [5, 5.41) is 7.19. The molecule has 0 amide bonds. The summed E-state index contributed by atoms with van der Waals surface area (Å²) in [5.41, 5.74) is 3.64. The molecule has 2 bridgehead atoms. The fourth-order valence-electron chi connectivity index (χ4n) is 4.95. The maximum absolute atomic E-state index is 13.1. The highest BCUT2D eigenvalue weighted by molar-refractivity contribution is 7.08. The number of benzene rings is 3. The van der Waals surface area contributed by atoms with Gasteiger partial charge in [0.1, 0.15) is 23.0 Å². The maximum Gasteiger partial charge on any atom is 0.346 e. The van der Waals surface area contributed by atoms with Crippen LogP contribution in [0.5, 0.6) is 5.75 Å². The summed E-state index contributed by atoms with van der Waals surface area (Å²) >= 11 is 1.61. The van der Waals surface area contributed by atoms with Crippen molar-refractivity contribution in [3.63, 3.8) is 0 Å². The summed E-state index contributed by atoms with van der Waals surface area (Å²) in [6, 6.07) is 22.0. The first-order valence-electron chi connectivity index (χ1n) is 10.2. The second kappa shape index (κ2) is 6.06. The number of fused-ring (bicyclic) bond motifs is 10. The Kier molecular flexibility index (Phi) is 3.38. The van der Waals surface area contributed by atoms with Gasteiger partial charge in [-0.1, -0.05) is 48.5 Å². The van der Waals surface area contributed by atoms with Gasteiger partial charge in [0.25, 0.3) is 0 Å². The Bertz CT molecular complexity index is 1550. The van der Waals surface area contributed by atoms with E-state index in [2.05, 4.69) is 29.6 Å². The molecular weight excluding hydrogens is 408 g/mol. The predicted octanol–water partition coefficient (Wildman–Crippen LogP) is 5.92. The lowest BCUT2D eigenvalue weighted by Gasteiger charge is -2.46. The molecule has 0 unspecified atom stereocenters. The molecule has 0 aliphatic carbocycles. The van der Waals surface area contributed by atoms with Crippen LogP contribution >= 0.6 is 11.3 Å². The molecule has 31 heavy (non-hydrogen) atoms. The Labute approximate surface area is 181 Å². The molecule has 4 nitrogen and oxygen atoms in total. The Hall–Kier alpha value is -3.41. The van der Waals surface area contributed by atoms with Gasteiger partial charge in [-0.2, -0.15) is 11.3 Å². The van der Waals surface area contributed by atoms with Gasteiger partial charge in [0.05, 0.1) is 5.39 Å². The van der Waals surface area contributed by atoms with E-state index in [1.807, 2.05) is 41.8 Å². The topological polar surface area (TPSA) is 48.7 Å². The monoisotopic (exact) mass is 424 g/mol. The van der Waals surface area contributed by atoms with Crippen molar-refractivity contribution >= 4 is 33.1 Å². The Morgan fingerprint density at radius 1 is 0.935 bits per heavy atom. The van der Waals surface area contributed by atoms with Gasteiger partial charge in [-0.15, -0.1) is 0 Å². The number of thiophene rings is 1. The Morgan fingerprint density at radius 3 is 2.65 bits per heavy atom. The average Bonchev–Trinajstić information content (AvgIpc) is 3.35. The summed E-state index contributed by atoms with van der Waals surface area (Å²) in [6.45, 7) is 0. The third-order valence-corrected chi connectivity index (χ3v) is 7.05. The molecule has 5 heteroatoms. The van der Waals surface area contributed by atoms with E-state index in [1.54, 1.807) is 17.4 Å². The summed E-state index contributed by atoms with van der Waals surface area (Å²) in [4.78, 5) is 13.1. The van der Waals surface area contributed by atoms with Crippen LogP contribution in [-0.2, 0) is 16.9 Å². The molecule has 7 rings (SSSR count). The first kappa shape index (κ1) is 17.3. The molecule has 2 aliphatic rings. The predicted molar refractivity (Wildman–Crippen MR) is 120 cm³/mol. The SMILES string of the molecule is O=c1oc2ccccc2c2c1[C@H]1O[C@](c3ccsc3)(Cc3c1ccc1ccccc31)O2. The third-order valence-electron chi connectivity index (χ3n) is 6.37. The molecule has 0 saturated carbocycles. The lowest BCUT2D eigenvalue weighted by Crippen LogP contribution is -2.47. The molecule has 0 N–H and O–H groups in total. The normalized spacial score (nSPS) is 21.5.